The molecule has 164 valence electrons. The van der Waals surface area contributed by atoms with Crippen LogP contribution in [0.3, 0.4) is 0 Å². The van der Waals surface area contributed by atoms with Crippen LogP contribution in [0.1, 0.15) is 6.42 Å². The number of aromatic nitrogens is 4. The number of benzene rings is 2. The zero-order valence-corrected chi connectivity index (χ0v) is 19.0. The average molecular weight is 459 g/mol. The van der Waals surface area contributed by atoms with Gasteiger partial charge in [-0.05, 0) is 48.7 Å². The Kier molecular flexibility index (Phi) is 7.96. The molecule has 6 nitrogen and oxygen atoms in total. The highest BCUT2D eigenvalue weighted by Crippen LogP contribution is 2.20. The molecule has 0 atom stereocenters. The molecule has 0 saturated carbocycles. The topological polar surface area (TPSA) is 42.1 Å². The first-order valence-corrected chi connectivity index (χ1v) is 10.3. The van der Waals surface area contributed by atoms with E-state index in [1.54, 1.807) is 12.7 Å². The fraction of sp³-hybridized carbons (Fsp3) is 0.304. The third-order valence-electron chi connectivity index (χ3n) is 5.84. The summed E-state index contributed by atoms with van der Waals surface area (Å²) in [5.74, 6) is 0. The van der Waals surface area contributed by atoms with Crippen LogP contribution in [0.4, 0.5) is 5.69 Å². The number of halogens is 2. The number of nitrogens with zero attached hydrogens (tertiary/aromatic N) is 6. The van der Waals surface area contributed by atoms with Crippen LogP contribution in [-0.4, -0.2) is 57.0 Å². The Morgan fingerprint density at radius 3 is 2.23 bits per heavy atom. The maximum absolute atomic E-state index is 3.91. The normalized spacial score (nSPS) is 14.3. The van der Waals surface area contributed by atoms with Gasteiger partial charge in [-0.1, -0.05) is 24.3 Å². The molecule has 2 aromatic heterocycles. The van der Waals surface area contributed by atoms with Crippen LogP contribution in [0.5, 0.6) is 0 Å². The molecule has 1 fully saturated rings. The van der Waals surface area contributed by atoms with Crippen LogP contribution in [0.15, 0.2) is 73.4 Å². The molecule has 31 heavy (non-hydrogen) atoms. The fourth-order valence-corrected chi connectivity index (χ4v) is 4.20. The predicted molar refractivity (Wildman–Crippen MR) is 131 cm³/mol. The lowest BCUT2D eigenvalue weighted by molar-refractivity contribution is 0.251. The van der Waals surface area contributed by atoms with Gasteiger partial charge >= 0.3 is 0 Å². The summed E-state index contributed by atoms with van der Waals surface area (Å²) in [5, 5.41) is 9.10. The molecule has 0 amide bonds. The molecule has 4 aromatic rings. The first-order valence-electron chi connectivity index (χ1n) is 10.3. The second kappa shape index (κ2) is 10.7. The van der Waals surface area contributed by atoms with Crippen LogP contribution in [0, 0.1) is 0 Å². The van der Waals surface area contributed by atoms with Crippen molar-refractivity contribution in [3.8, 4) is 5.69 Å². The van der Waals surface area contributed by atoms with E-state index >= 15 is 0 Å². The van der Waals surface area contributed by atoms with E-state index in [4.69, 9.17) is 0 Å². The molecule has 0 radical (unpaired) electrons. The van der Waals surface area contributed by atoms with E-state index in [0.29, 0.717) is 0 Å². The molecule has 0 bridgehead atoms. The number of aryl methyl sites for hydroxylation is 1. The van der Waals surface area contributed by atoms with Gasteiger partial charge in [0.25, 0.3) is 0 Å². The second-order valence-electron chi connectivity index (χ2n) is 7.64. The minimum atomic E-state index is 0. The number of hydrogen-bond donors (Lipinski definition) is 0. The number of rotatable bonds is 6. The second-order valence-corrected chi connectivity index (χ2v) is 7.64. The Bertz CT molecular complexity index is 1060. The van der Waals surface area contributed by atoms with Gasteiger partial charge in [0, 0.05) is 44.6 Å². The summed E-state index contributed by atoms with van der Waals surface area (Å²) in [7, 11) is 0. The van der Waals surface area contributed by atoms with Crippen molar-refractivity contribution in [2.45, 2.75) is 13.0 Å². The molecule has 2 aromatic carbocycles. The van der Waals surface area contributed by atoms with Crippen molar-refractivity contribution in [1.82, 2.24) is 24.2 Å². The predicted octanol–water partition coefficient (Wildman–Crippen LogP) is 4.28. The molecular weight excluding hydrogens is 431 g/mol. The Hall–Kier alpha value is -2.54. The van der Waals surface area contributed by atoms with Crippen molar-refractivity contribution < 1.29 is 0 Å². The number of anilines is 1. The van der Waals surface area contributed by atoms with E-state index in [2.05, 4.69) is 85.4 Å². The summed E-state index contributed by atoms with van der Waals surface area (Å²) in [6.07, 6.45) is 6.84. The molecule has 0 spiro atoms. The van der Waals surface area contributed by atoms with Crippen molar-refractivity contribution in [2.75, 3.05) is 37.6 Å². The number of para-hydroxylation sites is 1. The molecule has 1 aliphatic heterocycles. The van der Waals surface area contributed by atoms with Crippen molar-refractivity contribution in [2.24, 2.45) is 0 Å². The van der Waals surface area contributed by atoms with Gasteiger partial charge in [0.15, 0.2) is 0 Å². The highest BCUT2D eigenvalue weighted by atomic mass is 35.5. The summed E-state index contributed by atoms with van der Waals surface area (Å²) in [6.45, 7) is 6.68. The summed E-state index contributed by atoms with van der Waals surface area (Å²) < 4.78 is 4.31. The number of fused-ring (bicyclic) bond motifs is 1. The van der Waals surface area contributed by atoms with E-state index in [9.17, 15) is 0 Å². The lowest BCUT2D eigenvalue weighted by Crippen LogP contribution is -2.46. The molecule has 0 unspecified atom stereocenters. The highest BCUT2D eigenvalue weighted by molar-refractivity contribution is 5.85. The summed E-state index contributed by atoms with van der Waals surface area (Å²) >= 11 is 0. The molecule has 5 rings (SSSR count). The minimum absolute atomic E-state index is 0. The van der Waals surface area contributed by atoms with Crippen LogP contribution < -0.4 is 4.90 Å². The molecule has 0 N–H and O–H groups in total. The van der Waals surface area contributed by atoms with Gasteiger partial charge in [0.05, 0.1) is 11.2 Å². The Morgan fingerprint density at radius 2 is 1.48 bits per heavy atom. The Morgan fingerprint density at radius 1 is 0.742 bits per heavy atom. The van der Waals surface area contributed by atoms with Gasteiger partial charge in [-0.25, -0.2) is 0 Å². The third-order valence-corrected chi connectivity index (χ3v) is 5.84. The van der Waals surface area contributed by atoms with Gasteiger partial charge in [-0.2, -0.15) is 0 Å². The zero-order valence-electron chi connectivity index (χ0n) is 17.4. The molecular formula is C23H28Cl2N6. The van der Waals surface area contributed by atoms with E-state index < -0.39 is 0 Å². The van der Waals surface area contributed by atoms with Crippen molar-refractivity contribution in [3.05, 3.63) is 73.4 Å². The van der Waals surface area contributed by atoms with Crippen molar-refractivity contribution in [1.29, 1.82) is 0 Å². The minimum Gasteiger partial charge on any atom is -0.369 e. The van der Waals surface area contributed by atoms with Crippen LogP contribution >= 0.6 is 24.8 Å². The van der Waals surface area contributed by atoms with Gasteiger partial charge in [0.2, 0.25) is 0 Å². The van der Waals surface area contributed by atoms with Gasteiger partial charge in [-0.15, -0.1) is 35.0 Å². The van der Waals surface area contributed by atoms with Crippen LogP contribution in [-0.2, 0) is 6.54 Å². The standard InChI is InChI=1S/C23H26N6.2ClH/c1-2-5-21(6-3-1)27-15-13-26(14-16-27)10-4-11-28-12-9-20-7-8-22(17-23(20)28)29-18-24-25-19-29;;/h1-3,5-9,12,17-19H,4,10-11,13-16H2;2*1H. The SMILES string of the molecule is Cl.Cl.c1ccc(N2CCN(CCCn3ccc4ccc(-n5cnnc5)cc43)CC2)cc1. The summed E-state index contributed by atoms with van der Waals surface area (Å²) in [4.78, 5) is 5.08. The smallest absolute Gasteiger partial charge is 0.123 e. The first-order chi connectivity index (χ1) is 14.4. The zero-order chi connectivity index (χ0) is 19.5. The van der Waals surface area contributed by atoms with Crippen molar-refractivity contribution >= 4 is 41.4 Å². The van der Waals surface area contributed by atoms with Gasteiger partial charge in [0.1, 0.15) is 12.7 Å². The molecule has 1 aliphatic rings. The quantitative estimate of drug-likeness (QED) is 0.432. The van der Waals surface area contributed by atoms with Crippen LogP contribution in [0.25, 0.3) is 16.6 Å². The lowest BCUT2D eigenvalue weighted by Gasteiger charge is -2.36. The van der Waals surface area contributed by atoms with E-state index in [-0.39, 0.29) is 24.8 Å². The van der Waals surface area contributed by atoms with E-state index in [1.165, 1.54) is 16.6 Å². The maximum Gasteiger partial charge on any atom is 0.123 e. The summed E-state index contributed by atoms with van der Waals surface area (Å²) in [6, 6.07) is 19.4. The monoisotopic (exact) mass is 458 g/mol. The lowest BCUT2D eigenvalue weighted by atomic mass is 10.2. The Labute approximate surface area is 195 Å². The first kappa shape index (κ1) is 23.1. The van der Waals surface area contributed by atoms with Crippen LogP contribution in [0.2, 0.25) is 0 Å². The fourth-order valence-electron chi connectivity index (χ4n) is 4.20. The molecule has 3 heterocycles. The number of piperazine rings is 1. The summed E-state index contributed by atoms with van der Waals surface area (Å²) in [5.41, 5.74) is 3.71. The highest BCUT2D eigenvalue weighted by Gasteiger charge is 2.16. The Balaban J connectivity index is 0.00000136. The maximum atomic E-state index is 3.91. The number of hydrogen-bond acceptors (Lipinski definition) is 4. The van der Waals surface area contributed by atoms with E-state index in [1.807, 2.05) is 4.57 Å². The molecule has 8 heteroatoms. The molecule has 0 aliphatic carbocycles. The van der Waals surface area contributed by atoms with Gasteiger partial charge in [-0.3, -0.25) is 9.47 Å². The van der Waals surface area contributed by atoms with E-state index in [0.717, 1.165) is 51.4 Å². The van der Waals surface area contributed by atoms with Gasteiger partial charge < -0.3 is 9.47 Å². The third kappa shape index (κ3) is 5.21. The average Bonchev–Trinajstić information content (AvgIpc) is 3.45. The van der Waals surface area contributed by atoms with Crippen molar-refractivity contribution in [3.63, 3.8) is 0 Å². The largest absolute Gasteiger partial charge is 0.369 e. The molecule has 1 saturated heterocycles.